The maximum atomic E-state index is 5.18. The smallest absolute Gasteiger partial charge is 0.0823 e. The zero-order valence-electron chi connectivity index (χ0n) is 26.8. The van der Waals surface area contributed by atoms with Gasteiger partial charge in [0.25, 0.3) is 0 Å². The fraction of sp³-hybridized carbons (Fsp3) is 0.390. The summed E-state index contributed by atoms with van der Waals surface area (Å²) in [7, 11) is 0. The van der Waals surface area contributed by atoms with Crippen molar-refractivity contribution in [3.63, 3.8) is 0 Å². The highest BCUT2D eigenvalue weighted by Gasteiger charge is 2.27. The molecule has 2 heteroatoms. The first kappa shape index (κ1) is 26.9. The van der Waals surface area contributed by atoms with E-state index in [1.165, 1.54) is 103 Å². The van der Waals surface area contributed by atoms with Gasteiger partial charge in [0.05, 0.1) is 22.1 Å². The predicted octanol–water partition coefficient (Wildman–Crippen LogP) is 11.4. The van der Waals surface area contributed by atoms with Gasteiger partial charge in [0.15, 0.2) is 0 Å². The van der Waals surface area contributed by atoms with Gasteiger partial charge in [-0.2, -0.15) is 0 Å². The van der Waals surface area contributed by atoms with Crippen LogP contribution in [0.1, 0.15) is 83.9 Å². The molecule has 3 heterocycles. The lowest BCUT2D eigenvalue weighted by atomic mass is 9.83. The van der Waals surface area contributed by atoms with E-state index in [2.05, 4.69) is 113 Å². The largest absolute Gasteiger partial charge is 0.308 e. The van der Waals surface area contributed by atoms with E-state index in [1.807, 2.05) is 0 Å². The third kappa shape index (κ3) is 4.40. The molecule has 0 atom stereocenters. The van der Waals surface area contributed by atoms with Crippen molar-refractivity contribution in [3.05, 3.63) is 83.6 Å². The molecule has 1 aliphatic carbocycles. The molecule has 0 aliphatic heterocycles. The van der Waals surface area contributed by atoms with E-state index < -0.39 is 0 Å². The maximum absolute atomic E-state index is 5.18. The summed E-state index contributed by atoms with van der Waals surface area (Å²) in [4.78, 5) is 5.18. The van der Waals surface area contributed by atoms with Crippen molar-refractivity contribution in [2.75, 3.05) is 0 Å². The summed E-state index contributed by atoms with van der Waals surface area (Å²) in [6, 6.07) is 23.6. The van der Waals surface area contributed by atoms with Crippen LogP contribution in [0.3, 0.4) is 0 Å². The number of fused-ring (bicyclic) bond motifs is 7. The molecule has 4 aromatic carbocycles. The molecule has 0 spiro atoms. The summed E-state index contributed by atoms with van der Waals surface area (Å²) in [6.07, 6.45) is 10.8. The Hall–Kier alpha value is -3.65. The molecule has 43 heavy (non-hydrogen) atoms. The van der Waals surface area contributed by atoms with Crippen molar-refractivity contribution in [1.82, 2.24) is 9.38 Å². The third-order valence-corrected chi connectivity index (χ3v) is 9.93. The van der Waals surface area contributed by atoms with Crippen molar-refractivity contribution in [3.8, 4) is 0 Å². The van der Waals surface area contributed by atoms with Gasteiger partial charge in [0, 0.05) is 27.7 Å². The highest BCUT2D eigenvalue weighted by atomic mass is 14.9. The van der Waals surface area contributed by atoms with E-state index in [-0.39, 0.29) is 10.8 Å². The zero-order chi connectivity index (χ0) is 29.7. The van der Waals surface area contributed by atoms with Crippen LogP contribution in [0, 0.1) is 16.7 Å². The van der Waals surface area contributed by atoms with Crippen LogP contribution in [0.2, 0.25) is 0 Å². The van der Waals surface area contributed by atoms with Gasteiger partial charge in [0.2, 0.25) is 0 Å². The normalized spacial score (nSPS) is 15.5. The van der Waals surface area contributed by atoms with Crippen molar-refractivity contribution >= 4 is 59.8 Å². The van der Waals surface area contributed by atoms with Crippen LogP contribution in [0.4, 0.5) is 0 Å². The Morgan fingerprint density at radius 2 is 1.49 bits per heavy atom. The molecule has 0 radical (unpaired) electrons. The molecule has 8 rings (SSSR count). The Morgan fingerprint density at radius 1 is 0.721 bits per heavy atom. The molecule has 0 bridgehead atoms. The Kier molecular flexibility index (Phi) is 5.90. The second kappa shape index (κ2) is 9.42. The molecule has 2 nitrogen and oxygen atoms in total. The Balaban J connectivity index is 1.58. The van der Waals surface area contributed by atoms with Gasteiger partial charge in [-0.05, 0) is 87.1 Å². The van der Waals surface area contributed by atoms with Gasteiger partial charge in [-0.25, -0.2) is 0 Å². The van der Waals surface area contributed by atoms with Gasteiger partial charge in [-0.15, -0.1) is 0 Å². The molecule has 1 saturated carbocycles. The zero-order valence-corrected chi connectivity index (χ0v) is 26.8. The van der Waals surface area contributed by atoms with Gasteiger partial charge in [-0.1, -0.05) is 110 Å². The third-order valence-electron chi connectivity index (χ3n) is 9.93. The molecular formula is C41H44N2. The summed E-state index contributed by atoms with van der Waals surface area (Å²) >= 11 is 0. The lowest BCUT2D eigenvalue weighted by molar-refractivity contribution is 0.411. The van der Waals surface area contributed by atoms with E-state index in [0.29, 0.717) is 0 Å². The second-order valence-electron chi connectivity index (χ2n) is 16.0. The topological polar surface area (TPSA) is 17.3 Å². The minimum Gasteiger partial charge on any atom is -0.308 e. The van der Waals surface area contributed by atoms with E-state index in [4.69, 9.17) is 4.98 Å². The molecule has 0 amide bonds. The van der Waals surface area contributed by atoms with Crippen LogP contribution in [-0.4, -0.2) is 9.38 Å². The van der Waals surface area contributed by atoms with E-state index in [1.54, 1.807) is 0 Å². The van der Waals surface area contributed by atoms with Crippen molar-refractivity contribution in [1.29, 1.82) is 0 Å². The number of hydrogen-bond acceptors (Lipinski definition) is 1. The van der Waals surface area contributed by atoms with Crippen LogP contribution in [0.5, 0.6) is 0 Å². The number of pyridine rings is 2. The Bertz CT molecular complexity index is 2170. The number of benzene rings is 4. The summed E-state index contributed by atoms with van der Waals surface area (Å²) < 4.78 is 2.65. The van der Waals surface area contributed by atoms with Gasteiger partial charge in [0.1, 0.15) is 0 Å². The highest BCUT2D eigenvalue weighted by Crippen LogP contribution is 2.46. The van der Waals surface area contributed by atoms with E-state index in [0.717, 1.165) is 24.3 Å². The standard InChI is InChI=1S/C41H44N2/c1-40(2,3)23-26-15-16-30-28(20-26)22-32-37-36-27(17-18-42-37)21-29(19-25-11-7-8-12-25)35-31-13-9-10-14-34(31)43(39(35)36)38(32)33(30)24-41(4,5)6/h9-10,13-18,20-22,25H,7-8,11-12,19,23-24H2,1-6H3. The van der Waals surface area contributed by atoms with Crippen LogP contribution in [0.25, 0.3) is 59.8 Å². The first-order valence-electron chi connectivity index (χ1n) is 16.5. The lowest BCUT2D eigenvalue weighted by Crippen LogP contribution is -2.12. The Labute approximate surface area is 255 Å². The lowest BCUT2D eigenvalue weighted by Gasteiger charge is -2.24. The van der Waals surface area contributed by atoms with Crippen molar-refractivity contribution < 1.29 is 0 Å². The number of hydrogen-bond donors (Lipinski definition) is 0. The monoisotopic (exact) mass is 564 g/mol. The van der Waals surface area contributed by atoms with Crippen LogP contribution in [-0.2, 0) is 19.3 Å². The molecule has 0 unspecified atom stereocenters. The second-order valence-corrected chi connectivity index (χ2v) is 16.0. The van der Waals surface area contributed by atoms with E-state index in [9.17, 15) is 0 Å². The molecule has 0 saturated heterocycles. The molecule has 7 aromatic rings. The fourth-order valence-electron chi connectivity index (χ4n) is 8.42. The molecule has 3 aromatic heterocycles. The summed E-state index contributed by atoms with van der Waals surface area (Å²) in [5, 5.41) is 9.50. The first-order valence-corrected chi connectivity index (χ1v) is 16.5. The fourth-order valence-corrected chi connectivity index (χ4v) is 8.42. The summed E-state index contributed by atoms with van der Waals surface area (Å²) in [5.74, 6) is 0.794. The van der Waals surface area contributed by atoms with Crippen molar-refractivity contribution in [2.24, 2.45) is 16.7 Å². The number of nitrogens with zero attached hydrogens (tertiary/aromatic N) is 2. The van der Waals surface area contributed by atoms with Crippen molar-refractivity contribution in [2.45, 2.75) is 86.5 Å². The SMILES string of the molecule is CC(C)(C)Cc1ccc2c(CC(C)(C)C)c3c(cc2c1)c1nccc2cc(CC4CCCC4)c4c5ccccc5n3c4c21. The summed E-state index contributed by atoms with van der Waals surface area (Å²) in [6.45, 7) is 14.1. The predicted molar refractivity (Wildman–Crippen MR) is 186 cm³/mol. The Morgan fingerprint density at radius 3 is 2.26 bits per heavy atom. The highest BCUT2D eigenvalue weighted by molar-refractivity contribution is 6.29. The molecular weight excluding hydrogens is 520 g/mol. The van der Waals surface area contributed by atoms with Gasteiger partial charge in [-0.3, -0.25) is 4.98 Å². The van der Waals surface area contributed by atoms with Gasteiger partial charge < -0.3 is 4.40 Å². The number of rotatable bonds is 4. The molecule has 218 valence electrons. The molecule has 0 N–H and O–H groups in total. The minimum atomic E-state index is 0.137. The average Bonchev–Trinajstić information content (AvgIpc) is 3.57. The number of para-hydroxylation sites is 1. The molecule has 1 aliphatic rings. The number of aromatic nitrogens is 2. The quantitative estimate of drug-likeness (QED) is 0.153. The van der Waals surface area contributed by atoms with Gasteiger partial charge >= 0.3 is 0 Å². The maximum Gasteiger partial charge on any atom is 0.0823 e. The summed E-state index contributed by atoms with van der Waals surface area (Å²) in [5.41, 5.74) is 9.97. The average molecular weight is 565 g/mol. The van der Waals surface area contributed by atoms with Crippen LogP contribution in [0.15, 0.2) is 66.9 Å². The van der Waals surface area contributed by atoms with E-state index >= 15 is 0 Å². The first-order chi connectivity index (χ1) is 20.6. The van der Waals surface area contributed by atoms with Crippen LogP contribution < -0.4 is 0 Å². The minimum absolute atomic E-state index is 0.137. The molecule has 1 fully saturated rings. The van der Waals surface area contributed by atoms with Crippen LogP contribution >= 0.6 is 0 Å².